The van der Waals surface area contributed by atoms with Crippen molar-refractivity contribution < 1.29 is 9.53 Å². The van der Waals surface area contributed by atoms with E-state index in [9.17, 15) is 4.79 Å². The second-order valence-electron chi connectivity index (χ2n) is 4.56. The fraction of sp³-hybridized carbons (Fsp3) is 0.400. The summed E-state index contributed by atoms with van der Waals surface area (Å²) in [5.41, 5.74) is 1.57. The van der Waals surface area contributed by atoms with Crippen LogP contribution in [-0.4, -0.2) is 18.6 Å². The SMILES string of the molecule is C=C(C)COc1cccc(C(=O)NC(C)CC)c1. The summed E-state index contributed by atoms with van der Waals surface area (Å²) in [5.74, 6) is 0.625. The zero-order valence-corrected chi connectivity index (χ0v) is 11.3. The Morgan fingerprint density at radius 2 is 2.22 bits per heavy atom. The van der Waals surface area contributed by atoms with Crippen LogP contribution < -0.4 is 10.1 Å². The maximum atomic E-state index is 11.9. The van der Waals surface area contributed by atoms with E-state index in [2.05, 4.69) is 11.9 Å². The number of carbonyl (C=O) groups excluding carboxylic acids is 1. The number of ether oxygens (including phenoxy) is 1. The lowest BCUT2D eigenvalue weighted by molar-refractivity contribution is 0.0939. The lowest BCUT2D eigenvalue weighted by atomic mass is 10.1. The normalized spacial score (nSPS) is 11.7. The molecule has 0 aliphatic rings. The van der Waals surface area contributed by atoms with Crippen molar-refractivity contribution >= 4 is 5.91 Å². The summed E-state index contributed by atoms with van der Waals surface area (Å²) in [7, 11) is 0. The van der Waals surface area contributed by atoms with Gasteiger partial charge in [0.1, 0.15) is 12.4 Å². The third kappa shape index (κ3) is 4.62. The molecule has 0 aliphatic heterocycles. The van der Waals surface area contributed by atoms with Crippen molar-refractivity contribution in [2.24, 2.45) is 0 Å². The molecule has 3 nitrogen and oxygen atoms in total. The Hall–Kier alpha value is -1.77. The lowest BCUT2D eigenvalue weighted by Crippen LogP contribution is -2.31. The molecular formula is C15H21NO2. The Kier molecular flexibility index (Phi) is 5.43. The van der Waals surface area contributed by atoms with E-state index in [1.165, 1.54) is 0 Å². The average molecular weight is 247 g/mol. The van der Waals surface area contributed by atoms with Crippen LogP contribution in [0.4, 0.5) is 0 Å². The molecule has 1 unspecified atom stereocenters. The predicted molar refractivity (Wildman–Crippen MR) is 74.0 cm³/mol. The molecule has 1 aromatic rings. The number of carbonyl (C=O) groups is 1. The first kappa shape index (κ1) is 14.3. The van der Waals surface area contributed by atoms with Crippen LogP contribution in [0, 0.1) is 0 Å². The molecule has 0 bridgehead atoms. The predicted octanol–water partition coefficient (Wildman–Crippen LogP) is 3.17. The van der Waals surface area contributed by atoms with Crippen molar-refractivity contribution in [2.75, 3.05) is 6.61 Å². The minimum atomic E-state index is -0.0647. The van der Waals surface area contributed by atoms with Gasteiger partial charge in [-0.05, 0) is 44.0 Å². The average Bonchev–Trinajstić information content (AvgIpc) is 2.36. The van der Waals surface area contributed by atoms with Crippen LogP contribution in [0.3, 0.4) is 0 Å². The number of hydrogen-bond donors (Lipinski definition) is 1. The van der Waals surface area contributed by atoms with Gasteiger partial charge in [-0.1, -0.05) is 19.6 Å². The molecule has 1 amide bonds. The van der Waals surface area contributed by atoms with Crippen molar-refractivity contribution in [1.82, 2.24) is 5.32 Å². The van der Waals surface area contributed by atoms with E-state index in [0.717, 1.165) is 12.0 Å². The Morgan fingerprint density at radius 3 is 2.83 bits per heavy atom. The second-order valence-corrected chi connectivity index (χ2v) is 4.56. The number of rotatable bonds is 6. The molecule has 1 N–H and O–H groups in total. The summed E-state index contributed by atoms with van der Waals surface area (Å²) in [6.07, 6.45) is 0.914. The van der Waals surface area contributed by atoms with Crippen LogP contribution in [0.1, 0.15) is 37.6 Å². The summed E-state index contributed by atoms with van der Waals surface area (Å²) >= 11 is 0. The van der Waals surface area contributed by atoms with Crippen LogP contribution in [0.25, 0.3) is 0 Å². The van der Waals surface area contributed by atoms with Gasteiger partial charge in [-0.15, -0.1) is 0 Å². The molecule has 98 valence electrons. The van der Waals surface area contributed by atoms with Crippen molar-refractivity contribution in [3.05, 3.63) is 42.0 Å². The van der Waals surface area contributed by atoms with E-state index in [1.54, 1.807) is 12.1 Å². The standard InChI is InChI=1S/C15H21NO2/c1-5-12(4)16-15(17)13-7-6-8-14(9-13)18-10-11(2)3/h6-9,12H,2,5,10H2,1,3-4H3,(H,16,17). The van der Waals surface area contributed by atoms with Gasteiger partial charge in [0, 0.05) is 11.6 Å². The van der Waals surface area contributed by atoms with Crippen LogP contribution in [0.15, 0.2) is 36.4 Å². The van der Waals surface area contributed by atoms with Crippen LogP contribution >= 0.6 is 0 Å². The van der Waals surface area contributed by atoms with E-state index in [0.29, 0.717) is 17.9 Å². The van der Waals surface area contributed by atoms with E-state index < -0.39 is 0 Å². The number of nitrogens with one attached hydrogen (secondary N) is 1. The topological polar surface area (TPSA) is 38.3 Å². The van der Waals surface area contributed by atoms with Gasteiger partial charge in [0.05, 0.1) is 0 Å². The maximum absolute atomic E-state index is 11.9. The van der Waals surface area contributed by atoms with Crippen LogP contribution in [-0.2, 0) is 0 Å². The minimum Gasteiger partial charge on any atom is -0.489 e. The van der Waals surface area contributed by atoms with Gasteiger partial charge in [0.2, 0.25) is 0 Å². The zero-order valence-electron chi connectivity index (χ0n) is 11.3. The molecule has 0 fully saturated rings. The largest absolute Gasteiger partial charge is 0.489 e. The smallest absolute Gasteiger partial charge is 0.251 e. The van der Waals surface area contributed by atoms with E-state index in [1.807, 2.05) is 32.9 Å². The second kappa shape index (κ2) is 6.84. The van der Waals surface area contributed by atoms with E-state index >= 15 is 0 Å². The highest BCUT2D eigenvalue weighted by atomic mass is 16.5. The highest BCUT2D eigenvalue weighted by Crippen LogP contribution is 2.14. The van der Waals surface area contributed by atoms with Gasteiger partial charge in [0.25, 0.3) is 5.91 Å². The molecule has 18 heavy (non-hydrogen) atoms. The third-order valence-electron chi connectivity index (χ3n) is 2.57. The van der Waals surface area contributed by atoms with Gasteiger partial charge in [-0.2, -0.15) is 0 Å². The molecule has 0 radical (unpaired) electrons. The van der Waals surface area contributed by atoms with Gasteiger partial charge < -0.3 is 10.1 Å². The summed E-state index contributed by atoms with van der Waals surface area (Å²) in [6, 6.07) is 7.37. The van der Waals surface area contributed by atoms with Crippen LogP contribution in [0.5, 0.6) is 5.75 Å². The molecule has 0 saturated carbocycles. The highest BCUT2D eigenvalue weighted by Gasteiger charge is 2.09. The molecule has 1 aromatic carbocycles. The molecule has 0 heterocycles. The molecule has 0 aromatic heterocycles. The molecule has 1 atom stereocenters. The summed E-state index contributed by atoms with van der Waals surface area (Å²) in [4.78, 5) is 11.9. The van der Waals surface area contributed by atoms with Gasteiger partial charge in [0.15, 0.2) is 0 Å². The molecule has 0 spiro atoms. The first-order chi connectivity index (χ1) is 8.52. The Bertz CT molecular complexity index is 426. The monoisotopic (exact) mass is 247 g/mol. The lowest BCUT2D eigenvalue weighted by Gasteiger charge is -2.12. The Morgan fingerprint density at radius 1 is 1.50 bits per heavy atom. The fourth-order valence-electron chi connectivity index (χ4n) is 1.34. The minimum absolute atomic E-state index is 0.0647. The molecule has 3 heteroatoms. The van der Waals surface area contributed by atoms with Crippen molar-refractivity contribution in [2.45, 2.75) is 33.2 Å². The first-order valence-electron chi connectivity index (χ1n) is 6.21. The first-order valence-corrected chi connectivity index (χ1v) is 6.21. The number of benzene rings is 1. The molecule has 0 aliphatic carbocycles. The molecular weight excluding hydrogens is 226 g/mol. The van der Waals surface area contributed by atoms with Crippen molar-refractivity contribution in [1.29, 1.82) is 0 Å². The third-order valence-corrected chi connectivity index (χ3v) is 2.57. The van der Waals surface area contributed by atoms with Gasteiger partial charge in [-0.25, -0.2) is 0 Å². The summed E-state index contributed by atoms with van der Waals surface area (Å²) in [5, 5.41) is 2.93. The number of hydrogen-bond acceptors (Lipinski definition) is 2. The molecule has 0 saturated heterocycles. The van der Waals surface area contributed by atoms with Crippen LogP contribution in [0.2, 0.25) is 0 Å². The quantitative estimate of drug-likeness (QED) is 0.784. The number of amides is 1. The molecule has 1 rings (SSSR count). The van der Waals surface area contributed by atoms with Gasteiger partial charge in [-0.3, -0.25) is 4.79 Å². The van der Waals surface area contributed by atoms with E-state index in [4.69, 9.17) is 4.74 Å². The Labute approximate surface area is 109 Å². The van der Waals surface area contributed by atoms with E-state index in [-0.39, 0.29) is 11.9 Å². The highest BCUT2D eigenvalue weighted by molar-refractivity contribution is 5.94. The Balaban J connectivity index is 2.69. The van der Waals surface area contributed by atoms with Crippen molar-refractivity contribution in [3.8, 4) is 5.75 Å². The summed E-state index contributed by atoms with van der Waals surface area (Å²) in [6.45, 7) is 10.2. The fourth-order valence-corrected chi connectivity index (χ4v) is 1.34. The zero-order chi connectivity index (χ0) is 13.5. The maximum Gasteiger partial charge on any atom is 0.251 e. The van der Waals surface area contributed by atoms with Gasteiger partial charge >= 0.3 is 0 Å². The van der Waals surface area contributed by atoms with Crippen molar-refractivity contribution in [3.63, 3.8) is 0 Å². The summed E-state index contributed by atoms with van der Waals surface area (Å²) < 4.78 is 5.51.